The van der Waals surface area contributed by atoms with E-state index >= 15 is 0 Å². The molecule has 0 aliphatic carbocycles. The van der Waals surface area contributed by atoms with Crippen LogP contribution in [0.15, 0.2) is 22.7 Å². The molecule has 0 aliphatic rings. The molecular formula is C13H20BrNO2. The maximum absolute atomic E-state index is 9.68. The Balaban J connectivity index is 2.34. The number of aliphatic hydroxyl groups is 1. The molecule has 1 aromatic carbocycles. The highest BCUT2D eigenvalue weighted by molar-refractivity contribution is 9.10. The normalized spacial score (nSPS) is 12.5. The van der Waals surface area contributed by atoms with Gasteiger partial charge in [0, 0.05) is 6.54 Å². The van der Waals surface area contributed by atoms with Crippen molar-refractivity contribution >= 4 is 15.9 Å². The predicted molar refractivity (Wildman–Crippen MR) is 73.5 cm³/mol. The van der Waals surface area contributed by atoms with Gasteiger partial charge in [0.15, 0.2) is 0 Å². The molecule has 0 saturated carbocycles. The number of benzene rings is 1. The van der Waals surface area contributed by atoms with Crippen molar-refractivity contribution in [2.75, 3.05) is 19.7 Å². The van der Waals surface area contributed by atoms with Gasteiger partial charge in [-0.3, -0.25) is 0 Å². The fraction of sp³-hybridized carbons (Fsp3) is 0.538. The first-order valence-corrected chi connectivity index (χ1v) is 6.70. The van der Waals surface area contributed by atoms with E-state index in [1.54, 1.807) is 0 Å². The standard InChI is InChI=1S/C13H20BrNO2/c1-3-6-15-8-11(16)9-17-13-5-4-10(2)7-12(13)14/h4-5,7,11,15-16H,3,6,8-9H2,1-2H3. The molecule has 1 unspecified atom stereocenters. The van der Waals surface area contributed by atoms with Crippen molar-refractivity contribution in [1.82, 2.24) is 5.32 Å². The number of rotatable bonds is 7. The maximum atomic E-state index is 9.68. The molecule has 3 nitrogen and oxygen atoms in total. The second-order valence-electron chi connectivity index (χ2n) is 4.10. The van der Waals surface area contributed by atoms with Crippen LogP contribution in [0.2, 0.25) is 0 Å². The van der Waals surface area contributed by atoms with E-state index in [0.29, 0.717) is 13.2 Å². The Kier molecular flexibility index (Phi) is 6.55. The van der Waals surface area contributed by atoms with Gasteiger partial charge in [0.1, 0.15) is 18.5 Å². The van der Waals surface area contributed by atoms with E-state index in [2.05, 4.69) is 28.2 Å². The van der Waals surface area contributed by atoms with Crippen LogP contribution in [0.4, 0.5) is 0 Å². The Bertz CT molecular complexity index is 344. The summed E-state index contributed by atoms with van der Waals surface area (Å²) >= 11 is 3.44. The van der Waals surface area contributed by atoms with E-state index in [1.807, 2.05) is 25.1 Å². The van der Waals surface area contributed by atoms with Gasteiger partial charge in [-0.05, 0) is 53.5 Å². The Morgan fingerprint density at radius 3 is 2.88 bits per heavy atom. The molecule has 1 atom stereocenters. The first-order valence-electron chi connectivity index (χ1n) is 5.91. The van der Waals surface area contributed by atoms with E-state index in [-0.39, 0.29) is 0 Å². The summed E-state index contributed by atoms with van der Waals surface area (Å²) in [6.07, 6.45) is 0.589. The summed E-state index contributed by atoms with van der Waals surface area (Å²) in [5, 5.41) is 12.8. The van der Waals surface area contributed by atoms with Gasteiger partial charge in [0.05, 0.1) is 4.47 Å². The summed E-state index contributed by atoms with van der Waals surface area (Å²) < 4.78 is 6.47. The number of hydrogen-bond donors (Lipinski definition) is 2. The number of aliphatic hydroxyl groups excluding tert-OH is 1. The van der Waals surface area contributed by atoms with Gasteiger partial charge in [-0.15, -0.1) is 0 Å². The fourth-order valence-electron chi connectivity index (χ4n) is 1.41. The van der Waals surface area contributed by atoms with Gasteiger partial charge in [-0.25, -0.2) is 0 Å². The lowest BCUT2D eigenvalue weighted by molar-refractivity contribution is 0.106. The van der Waals surface area contributed by atoms with Crippen LogP contribution in [0.5, 0.6) is 5.75 Å². The summed E-state index contributed by atoms with van der Waals surface area (Å²) in [6, 6.07) is 5.89. The highest BCUT2D eigenvalue weighted by Crippen LogP contribution is 2.25. The molecule has 96 valence electrons. The van der Waals surface area contributed by atoms with Crippen molar-refractivity contribution in [2.45, 2.75) is 26.4 Å². The van der Waals surface area contributed by atoms with E-state index in [1.165, 1.54) is 5.56 Å². The van der Waals surface area contributed by atoms with Gasteiger partial charge < -0.3 is 15.2 Å². The summed E-state index contributed by atoms with van der Waals surface area (Å²) in [5.74, 6) is 0.769. The van der Waals surface area contributed by atoms with Crippen LogP contribution in [0.3, 0.4) is 0 Å². The molecule has 0 spiro atoms. The summed E-state index contributed by atoms with van der Waals surface area (Å²) in [6.45, 7) is 5.92. The second-order valence-corrected chi connectivity index (χ2v) is 4.96. The number of hydrogen-bond acceptors (Lipinski definition) is 3. The smallest absolute Gasteiger partial charge is 0.133 e. The first-order chi connectivity index (χ1) is 8.13. The zero-order valence-corrected chi connectivity index (χ0v) is 12.0. The van der Waals surface area contributed by atoms with Crippen molar-refractivity contribution < 1.29 is 9.84 Å². The summed E-state index contributed by atoms with van der Waals surface area (Å²) in [5.41, 5.74) is 1.18. The van der Waals surface area contributed by atoms with Gasteiger partial charge in [-0.1, -0.05) is 13.0 Å². The van der Waals surface area contributed by atoms with Crippen LogP contribution in [0.25, 0.3) is 0 Å². The first kappa shape index (κ1) is 14.5. The molecule has 0 aromatic heterocycles. The number of ether oxygens (including phenoxy) is 1. The summed E-state index contributed by atoms with van der Waals surface area (Å²) in [7, 11) is 0. The predicted octanol–water partition coefficient (Wildman–Crippen LogP) is 2.50. The highest BCUT2D eigenvalue weighted by Gasteiger charge is 2.06. The average molecular weight is 302 g/mol. The minimum atomic E-state index is -0.477. The third-order valence-corrected chi connectivity index (χ3v) is 2.95. The Morgan fingerprint density at radius 2 is 2.24 bits per heavy atom. The molecule has 0 bridgehead atoms. The largest absolute Gasteiger partial charge is 0.490 e. The minimum Gasteiger partial charge on any atom is -0.490 e. The van der Waals surface area contributed by atoms with E-state index in [0.717, 1.165) is 23.2 Å². The zero-order valence-electron chi connectivity index (χ0n) is 10.4. The number of aryl methyl sites for hydroxylation is 1. The molecule has 0 saturated heterocycles. The molecule has 17 heavy (non-hydrogen) atoms. The molecule has 0 heterocycles. The minimum absolute atomic E-state index is 0.304. The summed E-state index contributed by atoms with van der Waals surface area (Å²) in [4.78, 5) is 0. The lowest BCUT2D eigenvalue weighted by Gasteiger charge is -2.14. The van der Waals surface area contributed by atoms with Crippen LogP contribution in [-0.4, -0.2) is 30.9 Å². The van der Waals surface area contributed by atoms with Crippen LogP contribution in [-0.2, 0) is 0 Å². The molecular weight excluding hydrogens is 282 g/mol. The molecule has 0 aliphatic heterocycles. The Hall–Kier alpha value is -0.580. The Morgan fingerprint density at radius 1 is 1.47 bits per heavy atom. The highest BCUT2D eigenvalue weighted by atomic mass is 79.9. The maximum Gasteiger partial charge on any atom is 0.133 e. The van der Waals surface area contributed by atoms with E-state index in [9.17, 15) is 5.11 Å². The monoisotopic (exact) mass is 301 g/mol. The quantitative estimate of drug-likeness (QED) is 0.760. The third kappa shape index (κ3) is 5.52. The number of halogens is 1. The van der Waals surface area contributed by atoms with E-state index < -0.39 is 6.10 Å². The van der Waals surface area contributed by atoms with Crippen molar-refractivity contribution in [3.05, 3.63) is 28.2 Å². The third-order valence-electron chi connectivity index (χ3n) is 2.33. The zero-order chi connectivity index (χ0) is 12.7. The van der Waals surface area contributed by atoms with Gasteiger partial charge in [0.2, 0.25) is 0 Å². The van der Waals surface area contributed by atoms with Crippen LogP contribution < -0.4 is 10.1 Å². The van der Waals surface area contributed by atoms with Crippen molar-refractivity contribution in [3.8, 4) is 5.75 Å². The lowest BCUT2D eigenvalue weighted by atomic mass is 10.2. The van der Waals surface area contributed by atoms with Crippen LogP contribution >= 0.6 is 15.9 Å². The average Bonchev–Trinajstić information content (AvgIpc) is 2.28. The SMILES string of the molecule is CCCNCC(O)COc1ccc(C)cc1Br. The molecule has 1 aromatic rings. The van der Waals surface area contributed by atoms with Crippen LogP contribution in [0, 0.1) is 6.92 Å². The second kappa shape index (κ2) is 7.69. The van der Waals surface area contributed by atoms with Crippen molar-refractivity contribution in [2.24, 2.45) is 0 Å². The Labute approximate surface area is 111 Å². The molecule has 4 heteroatoms. The topological polar surface area (TPSA) is 41.5 Å². The van der Waals surface area contributed by atoms with Gasteiger partial charge in [-0.2, -0.15) is 0 Å². The van der Waals surface area contributed by atoms with Gasteiger partial charge >= 0.3 is 0 Å². The molecule has 2 N–H and O–H groups in total. The molecule has 0 radical (unpaired) electrons. The van der Waals surface area contributed by atoms with E-state index in [4.69, 9.17) is 4.74 Å². The van der Waals surface area contributed by atoms with Crippen LogP contribution in [0.1, 0.15) is 18.9 Å². The molecule has 0 amide bonds. The van der Waals surface area contributed by atoms with Crippen molar-refractivity contribution in [1.29, 1.82) is 0 Å². The molecule has 1 rings (SSSR count). The number of nitrogens with one attached hydrogen (secondary N) is 1. The fourth-order valence-corrected chi connectivity index (χ4v) is 2.02. The van der Waals surface area contributed by atoms with Crippen molar-refractivity contribution in [3.63, 3.8) is 0 Å². The molecule has 0 fully saturated rings. The van der Waals surface area contributed by atoms with Gasteiger partial charge in [0.25, 0.3) is 0 Å². The lowest BCUT2D eigenvalue weighted by Crippen LogP contribution is -2.31.